The summed E-state index contributed by atoms with van der Waals surface area (Å²) in [5.41, 5.74) is 1.87. The second kappa shape index (κ2) is 5.25. The zero-order chi connectivity index (χ0) is 14.1. The van der Waals surface area contributed by atoms with Crippen LogP contribution in [0.25, 0.3) is 11.1 Å². The van der Waals surface area contributed by atoms with Crippen molar-refractivity contribution in [2.24, 2.45) is 5.92 Å². The van der Waals surface area contributed by atoms with Gasteiger partial charge >= 0.3 is 5.76 Å². The molecule has 106 valence electrons. The summed E-state index contributed by atoms with van der Waals surface area (Å²) in [6, 6.07) is 5.29. The van der Waals surface area contributed by atoms with Crippen molar-refractivity contribution in [3.8, 4) is 0 Å². The first-order chi connectivity index (χ1) is 9.70. The lowest BCUT2D eigenvalue weighted by molar-refractivity contribution is 0.0899. The first kappa shape index (κ1) is 13.1. The van der Waals surface area contributed by atoms with Gasteiger partial charge in [-0.2, -0.15) is 0 Å². The highest BCUT2D eigenvalue weighted by molar-refractivity contribution is 6.00. The average molecular weight is 274 g/mol. The van der Waals surface area contributed by atoms with Gasteiger partial charge in [0.2, 0.25) is 0 Å². The maximum atomic E-state index is 12.4. The number of Topliss-reactive ketones (excluding diaryl/α,β-unsaturated/α-hetero) is 1. The van der Waals surface area contributed by atoms with E-state index in [0.29, 0.717) is 17.7 Å². The highest BCUT2D eigenvalue weighted by Gasteiger charge is 2.23. The number of benzene rings is 1. The minimum absolute atomic E-state index is 0.0289. The van der Waals surface area contributed by atoms with E-state index in [4.69, 9.17) is 4.42 Å². The van der Waals surface area contributed by atoms with E-state index in [9.17, 15) is 9.59 Å². The molecule has 1 aromatic heterocycles. The number of ketones is 1. The number of nitrogens with zero attached hydrogens (tertiary/aromatic N) is 1. The fourth-order valence-electron chi connectivity index (χ4n) is 2.83. The standard InChI is InChI=1S/C15H18N2O3/c1-2-17-12-6-5-10(8-13(12)20-15(17)19)14(18)11-4-3-7-16-9-11/h5-6,8,11,16H,2-4,7,9H2,1H3. The molecule has 5 nitrogen and oxygen atoms in total. The molecule has 1 aliphatic rings. The second-order valence-corrected chi connectivity index (χ2v) is 5.20. The van der Waals surface area contributed by atoms with Gasteiger partial charge in [0.15, 0.2) is 11.4 Å². The molecule has 2 aromatic rings. The number of hydrogen-bond donors (Lipinski definition) is 1. The Hall–Kier alpha value is -1.88. The van der Waals surface area contributed by atoms with E-state index in [1.165, 1.54) is 0 Å². The van der Waals surface area contributed by atoms with Crippen LogP contribution in [0.1, 0.15) is 30.1 Å². The number of carbonyl (C=O) groups is 1. The predicted octanol–water partition coefficient (Wildman–Crippen LogP) is 1.80. The van der Waals surface area contributed by atoms with Crippen molar-refractivity contribution in [1.82, 2.24) is 9.88 Å². The molecule has 1 fully saturated rings. The number of fused-ring (bicyclic) bond motifs is 1. The number of rotatable bonds is 3. The Morgan fingerprint density at radius 2 is 2.35 bits per heavy atom. The Bertz CT molecular complexity index is 693. The number of aryl methyl sites for hydroxylation is 1. The molecule has 20 heavy (non-hydrogen) atoms. The first-order valence-electron chi connectivity index (χ1n) is 7.09. The van der Waals surface area contributed by atoms with Crippen molar-refractivity contribution < 1.29 is 9.21 Å². The molecule has 0 aliphatic carbocycles. The molecule has 1 unspecified atom stereocenters. The van der Waals surface area contributed by atoms with Gasteiger partial charge in [0.25, 0.3) is 0 Å². The van der Waals surface area contributed by atoms with Crippen molar-refractivity contribution in [3.63, 3.8) is 0 Å². The maximum absolute atomic E-state index is 12.4. The highest BCUT2D eigenvalue weighted by Crippen LogP contribution is 2.20. The molecule has 0 bridgehead atoms. The van der Waals surface area contributed by atoms with Crippen LogP contribution in [0.2, 0.25) is 0 Å². The Labute approximate surface area is 116 Å². The fraction of sp³-hybridized carbons (Fsp3) is 0.467. The third kappa shape index (κ3) is 2.18. The van der Waals surface area contributed by atoms with Gasteiger partial charge in [-0.15, -0.1) is 0 Å². The van der Waals surface area contributed by atoms with Gasteiger partial charge in [-0.3, -0.25) is 9.36 Å². The number of piperidine rings is 1. The monoisotopic (exact) mass is 274 g/mol. The topological polar surface area (TPSA) is 64.2 Å². The molecular formula is C15H18N2O3. The summed E-state index contributed by atoms with van der Waals surface area (Å²) in [5.74, 6) is -0.210. The molecule has 1 saturated heterocycles. The van der Waals surface area contributed by atoms with Crippen molar-refractivity contribution >= 4 is 16.9 Å². The Kier molecular flexibility index (Phi) is 3.44. The lowest BCUT2D eigenvalue weighted by Gasteiger charge is -2.21. The molecule has 1 aromatic carbocycles. The van der Waals surface area contributed by atoms with Gasteiger partial charge in [-0.05, 0) is 44.5 Å². The summed E-state index contributed by atoms with van der Waals surface area (Å²) in [6.45, 7) is 4.17. The minimum atomic E-state index is -0.369. The molecule has 0 saturated carbocycles. The van der Waals surface area contributed by atoms with Crippen molar-refractivity contribution in [2.45, 2.75) is 26.3 Å². The van der Waals surface area contributed by atoms with Gasteiger partial charge in [0.1, 0.15) is 0 Å². The van der Waals surface area contributed by atoms with Crippen LogP contribution in [0, 0.1) is 5.92 Å². The summed E-state index contributed by atoms with van der Waals surface area (Å²) in [4.78, 5) is 24.1. The molecule has 1 aliphatic heterocycles. The summed E-state index contributed by atoms with van der Waals surface area (Å²) in [6.07, 6.45) is 1.95. The maximum Gasteiger partial charge on any atom is 0.419 e. The Morgan fingerprint density at radius 3 is 3.05 bits per heavy atom. The first-order valence-corrected chi connectivity index (χ1v) is 7.09. The van der Waals surface area contributed by atoms with Crippen LogP contribution in [0.5, 0.6) is 0 Å². The van der Waals surface area contributed by atoms with Gasteiger partial charge in [-0.25, -0.2) is 4.79 Å². The number of hydrogen-bond acceptors (Lipinski definition) is 4. The van der Waals surface area contributed by atoms with Crippen molar-refractivity contribution in [2.75, 3.05) is 13.1 Å². The van der Waals surface area contributed by atoms with Crippen LogP contribution < -0.4 is 11.1 Å². The summed E-state index contributed by atoms with van der Waals surface area (Å²) in [7, 11) is 0. The third-order valence-corrected chi connectivity index (χ3v) is 3.94. The Balaban J connectivity index is 1.96. The Morgan fingerprint density at radius 1 is 1.50 bits per heavy atom. The normalized spacial score (nSPS) is 19.4. The van der Waals surface area contributed by atoms with E-state index in [-0.39, 0.29) is 17.5 Å². The summed E-state index contributed by atoms with van der Waals surface area (Å²) in [5, 5.41) is 3.25. The summed E-state index contributed by atoms with van der Waals surface area (Å²) < 4.78 is 6.77. The molecule has 3 rings (SSSR count). The van der Waals surface area contributed by atoms with Gasteiger partial charge in [0.05, 0.1) is 5.52 Å². The average Bonchev–Trinajstić information content (AvgIpc) is 2.81. The lowest BCUT2D eigenvalue weighted by atomic mass is 9.91. The number of oxazole rings is 1. The van der Waals surface area contributed by atoms with Crippen molar-refractivity contribution in [1.29, 1.82) is 0 Å². The minimum Gasteiger partial charge on any atom is -0.408 e. The fourth-order valence-corrected chi connectivity index (χ4v) is 2.83. The quantitative estimate of drug-likeness (QED) is 0.867. The third-order valence-electron chi connectivity index (χ3n) is 3.94. The number of aromatic nitrogens is 1. The zero-order valence-corrected chi connectivity index (χ0v) is 11.5. The van der Waals surface area contributed by atoms with Crippen molar-refractivity contribution in [3.05, 3.63) is 34.3 Å². The lowest BCUT2D eigenvalue weighted by Crippen LogP contribution is -2.34. The van der Waals surface area contributed by atoms with Crippen LogP contribution in [0.15, 0.2) is 27.4 Å². The largest absolute Gasteiger partial charge is 0.419 e. The molecule has 0 radical (unpaired) electrons. The molecule has 2 heterocycles. The van der Waals surface area contributed by atoms with Crippen LogP contribution >= 0.6 is 0 Å². The van der Waals surface area contributed by atoms with E-state index >= 15 is 0 Å². The predicted molar refractivity (Wildman–Crippen MR) is 76.1 cm³/mol. The summed E-state index contributed by atoms with van der Waals surface area (Å²) >= 11 is 0. The van der Waals surface area contributed by atoms with E-state index in [0.717, 1.165) is 31.4 Å². The van der Waals surface area contributed by atoms with E-state index in [2.05, 4.69) is 5.32 Å². The molecule has 1 N–H and O–H groups in total. The molecule has 1 atom stereocenters. The molecule has 5 heteroatoms. The number of nitrogens with one attached hydrogen (secondary N) is 1. The van der Waals surface area contributed by atoms with E-state index in [1.807, 2.05) is 6.92 Å². The van der Waals surface area contributed by atoms with Crippen LogP contribution in [0.3, 0.4) is 0 Å². The molecule has 0 spiro atoms. The SMILES string of the molecule is CCn1c(=O)oc2cc(C(=O)C3CCCNC3)ccc21. The van der Waals surface area contributed by atoms with Gasteiger partial charge in [0, 0.05) is 24.6 Å². The van der Waals surface area contributed by atoms with E-state index in [1.54, 1.807) is 22.8 Å². The molecule has 0 amide bonds. The smallest absolute Gasteiger partial charge is 0.408 e. The highest BCUT2D eigenvalue weighted by atomic mass is 16.4. The van der Waals surface area contributed by atoms with Gasteiger partial charge in [-0.1, -0.05) is 0 Å². The van der Waals surface area contributed by atoms with Crippen LogP contribution in [-0.2, 0) is 6.54 Å². The number of carbonyl (C=O) groups excluding carboxylic acids is 1. The molecular weight excluding hydrogens is 256 g/mol. The van der Waals surface area contributed by atoms with Gasteiger partial charge < -0.3 is 9.73 Å². The second-order valence-electron chi connectivity index (χ2n) is 5.20. The van der Waals surface area contributed by atoms with E-state index < -0.39 is 0 Å². The van der Waals surface area contributed by atoms with Crippen LogP contribution in [-0.4, -0.2) is 23.4 Å². The van der Waals surface area contributed by atoms with Crippen LogP contribution in [0.4, 0.5) is 0 Å². The zero-order valence-electron chi connectivity index (χ0n) is 11.5.